The van der Waals surface area contributed by atoms with Crippen LogP contribution in [0.2, 0.25) is 0 Å². The van der Waals surface area contributed by atoms with E-state index in [9.17, 15) is 9.18 Å². The molecule has 1 unspecified atom stereocenters. The zero-order chi connectivity index (χ0) is 17.3. The summed E-state index contributed by atoms with van der Waals surface area (Å²) in [5.74, 6) is -0.248. The molecule has 3 aromatic rings. The Morgan fingerprint density at radius 3 is 2.58 bits per heavy atom. The molecule has 2 heterocycles. The number of nitrogens with zero attached hydrogens (tertiary/aromatic N) is 2. The Morgan fingerprint density at radius 2 is 1.96 bits per heavy atom. The fourth-order valence-electron chi connectivity index (χ4n) is 2.64. The van der Waals surface area contributed by atoms with E-state index in [4.69, 9.17) is 4.42 Å². The van der Waals surface area contributed by atoms with Gasteiger partial charge in [-0.15, -0.1) is 0 Å². The third-order valence-electron chi connectivity index (χ3n) is 4.00. The lowest BCUT2D eigenvalue weighted by Gasteiger charge is -2.13. The first-order chi connectivity index (χ1) is 11.5. The summed E-state index contributed by atoms with van der Waals surface area (Å²) in [7, 11) is 0. The summed E-state index contributed by atoms with van der Waals surface area (Å²) in [6, 6.07) is 7.61. The molecule has 3 rings (SSSR count). The molecule has 1 amide bonds. The van der Waals surface area contributed by atoms with E-state index in [0.29, 0.717) is 5.76 Å². The van der Waals surface area contributed by atoms with Crippen LogP contribution in [-0.4, -0.2) is 15.7 Å². The fourth-order valence-corrected chi connectivity index (χ4v) is 2.64. The van der Waals surface area contributed by atoms with Crippen LogP contribution in [0.15, 0.2) is 47.2 Å². The maximum absolute atomic E-state index is 13.1. The van der Waals surface area contributed by atoms with Gasteiger partial charge in [0, 0.05) is 16.8 Å². The first kappa shape index (κ1) is 16.0. The van der Waals surface area contributed by atoms with Crippen LogP contribution in [0.25, 0.3) is 5.69 Å². The van der Waals surface area contributed by atoms with Crippen molar-refractivity contribution >= 4 is 5.91 Å². The van der Waals surface area contributed by atoms with E-state index in [1.165, 1.54) is 18.4 Å². The maximum Gasteiger partial charge on any atom is 0.287 e. The number of carbonyl (C=O) groups is 1. The van der Waals surface area contributed by atoms with E-state index in [1.807, 2.05) is 20.8 Å². The molecule has 0 saturated heterocycles. The van der Waals surface area contributed by atoms with Crippen molar-refractivity contribution < 1.29 is 13.6 Å². The summed E-state index contributed by atoms with van der Waals surface area (Å²) in [4.78, 5) is 12.3. The lowest BCUT2D eigenvalue weighted by atomic mass is 10.1. The summed E-state index contributed by atoms with van der Waals surface area (Å²) in [5, 5.41) is 7.25. The molecule has 0 aliphatic rings. The number of carbonyl (C=O) groups excluding carboxylic acids is 1. The molecule has 0 aliphatic carbocycles. The Labute approximate surface area is 139 Å². The van der Waals surface area contributed by atoms with Crippen LogP contribution in [-0.2, 0) is 0 Å². The highest BCUT2D eigenvalue weighted by Crippen LogP contribution is 2.21. The Kier molecular flexibility index (Phi) is 4.20. The highest BCUT2D eigenvalue weighted by atomic mass is 19.1. The van der Waals surface area contributed by atoms with E-state index < -0.39 is 0 Å². The lowest BCUT2D eigenvalue weighted by Crippen LogP contribution is -2.27. The second kappa shape index (κ2) is 6.31. The lowest BCUT2D eigenvalue weighted by molar-refractivity contribution is 0.0911. The highest BCUT2D eigenvalue weighted by Gasteiger charge is 2.19. The zero-order valence-electron chi connectivity index (χ0n) is 13.7. The molecule has 1 aromatic carbocycles. The molecule has 24 heavy (non-hydrogen) atoms. The van der Waals surface area contributed by atoms with Crippen LogP contribution < -0.4 is 5.32 Å². The number of hydrogen-bond donors (Lipinski definition) is 1. The van der Waals surface area contributed by atoms with E-state index in [1.54, 1.807) is 29.1 Å². The molecule has 5 nitrogen and oxygen atoms in total. The van der Waals surface area contributed by atoms with Gasteiger partial charge in [0.1, 0.15) is 5.82 Å². The second-order valence-corrected chi connectivity index (χ2v) is 5.70. The summed E-state index contributed by atoms with van der Waals surface area (Å²) in [6.45, 7) is 5.61. The number of halogens is 1. The van der Waals surface area contributed by atoms with Crippen LogP contribution >= 0.6 is 0 Å². The standard InChI is InChI=1S/C18H18FN3O2/c1-11-8-9-24-17(11)18(23)21-12(2)16-10-20-22(13(16)3)15-6-4-14(19)5-7-15/h4-10,12H,1-3H3,(H,21,23). The Balaban J connectivity index is 1.81. The third kappa shape index (κ3) is 2.95. The molecule has 6 heteroatoms. The first-order valence-corrected chi connectivity index (χ1v) is 7.63. The van der Waals surface area contributed by atoms with Gasteiger partial charge in [-0.05, 0) is 51.1 Å². The Hall–Kier alpha value is -2.89. The van der Waals surface area contributed by atoms with Gasteiger partial charge in [0.15, 0.2) is 5.76 Å². The van der Waals surface area contributed by atoms with Crippen molar-refractivity contribution in [2.24, 2.45) is 0 Å². The fraction of sp³-hybridized carbons (Fsp3) is 0.222. The number of nitrogens with one attached hydrogen (secondary N) is 1. The van der Waals surface area contributed by atoms with Crippen LogP contribution in [0.4, 0.5) is 4.39 Å². The summed E-state index contributed by atoms with van der Waals surface area (Å²) < 4.78 is 20.0. The number of amides is 1. The van der Waals surface area contributed by atoms with Crippen molar-refractivity contribution in [2.45, 2.75) is 26.8 Å². The molecular weight excluding hydrogens is 309 g/mol. The predicted molar refractivity (Wildman–Crippen MR) is 87.6 cm³/mol. The Bertz CT molecular complexity index is 865. The van der Waals surface area contributed by atoms with Gasteiger partial charge >= 0.3 is 0 Å². The van der Waals surface area contributed by atoms with Gasteiger partial charge in [-0.25, -0.2) is 9.07 Å². The summed E-state index contributed by atoms with van der Waals surface area (Å²) >= 11 is 0. The maximum atomic E-state index is 13.1. The normalized spacial score (nSPS) is 12.2. The van der Waals surface area contributed by atoms with Gasteiger partial charge in [0.25, 0.3) is 5.91 Å². The van der Waals surface area contributed by atoms with Gasteiger partial charge in [-0.3, -0.25) is 4.79 Å². The van der Waals surface area contributed by atoms with Crippen LogP contribution in [0, 0.1) is 19.7 Å². The molecule has 0 radical (unpaired) electrons. The molecule has 0 spiro atoms. The van der Waals surface area contributed by atoms with E-state index >= 15 is 0 Å². The molecule has 124 valence electrons. The molecule has 0 fully saturated rings. The quantitative estimate of drug-likeness (QED) is 0.794. The van der Waals surface area contributed by atoms with Crippen molar-refractivity contribution in [1.82, 2.24) is 15.1 Å². The van der Waals surface area contributed by atoms with E-state index in [-0.39, 0.29) is 17.8 Å². The van der Waals surface area contributed by atoms with Crippen molar-refractivity contribution in [1.29, 1.82) is 0 Å². The number of rotatable bonds is 4. The average molecular weight is 327 g/mol. The van der Waals surface area contributed by atoms with Crippen LogP contribution in [0.3, 0.4) is 0 Å². The smallest absolute Gasteiger partial charge is 0.287 e. The van der Waals surface area contributed by atoms with Gasteiger partial charge < -0.3 is 9.73 Å². The number of benzene rings is 1. The van der Waals surface area contributed by atoms with Gasteiger partial charge in [0.05, 0.1) is 24.2 Å². The number of hydrogen-bond acceptors (Lipinski definition) is 3. The van der Waals surface area contributed by atoms with E-state index in [0.717, 1.165) is 22.5 Å². The van der Waals surface area contributed by atoms with Gasteiger partial charge in [-0.2, -0.15) is 5.10 Å². The molecule has 0 aliphatic heterocycles. The monoisotopic (exact) mass is 327 g/mol. The molecule has 0 saturated carbocycles. The molecule has 2 aromatic heterocycles. The van der Waals surface area contributed by atoms with Crippen molar-refractivity contribution in [3.05, 3.63) is 71.2 Å². The molecular formula is C18H18FN3O2. The van der Waals surface area contributed by atoms with E-state index in [2.05, 4.69) is 10.4 Å². The Morgan fingerprint density at radius 1 is 1.25 bits per heavy atom. The third-order valence-corrected chi connectivity index (χ3v) is 4.00. The second-order valence-electron chi connectivity index (χ2n) is 5.70. The minimum Gasteiger partial charge on any atom is -0.459 e. The zero-order valence-corrected chi connectivity index (χ0v) is 13.7. The van der Waals surface area contributed by atoms with Crippen molar-refractivity contribution in [3.63, 3.8) is 0 Å². The van der Waals surface area contributed by atoms with Crippen molar-refractivity contribution in [2.75, 3.05) is 0 Å². The summed E-state index contributed by atoms with van der Waals surface area (Å²) in [5.41, 5.74) is 3.32. The molecule has 1 N–H and O–H groups in total. The van der Waals surface area contributed by atoms with Gasteiger partial charge in [0.2, 0.25) is 0 Å². The highest BCUT2D eigenvalue weighted by molar-refractivity contribution is 5.93. The number of aryl methyl sites for hydroxylation is 1. The molecule has 0 bridgehead atoms. The number of furan rings is 1. The predicted octanol–water partition coefficient (Wildman–Crippen LogP) is 3.71. The topological polar surface area (TPSA) is 60.1 Å². The minimum atomic E-state index is -0.293. The largest absolute Gasteiger partial charge is 0.459 e. The first-order valence-electron chi connectivity index (χ1n) is 7.63. The number of aromatic nitrogens is 2. The molecule has 1 atom stereocenters. The van der Waals surface area contributed by atoms with Crippen molar-refractivity contribution in [3.8, 4) is 5.69 Å². The van der Waals surface area contributed by atoms with Crippen LogP contribution in [0.1, 0.15) is 40.3 Å². The SMILES string of the molecule is Cc1ccoc1C(=O)NC(C)c1cnn(-c2ccc(F)cc2)c1C. The summed E-state index contributed by atoms with van der Waals surface area (Å²) in [6.07, 6.45) is 3.20. The average Bonchev–Trinajstić information content (AvgIpc) is 3.14. The van der Waals surface area contributed by atoms with Crippen LogP contribution in [0.5, 0.6) is 0 Å². The van der Waals surface area contributed by atoms with Gasteiger partial charge in [-0.1, -0.05) is 0 Å². The minimum absolute atomic E-state index is 0.240.